The lowest BCUT2D eigenvalue weighted by atomic mass is 10.2. The molecule has 0 spiro atoms. The average molecular weight is 243 g/mol. The maximum Gasteiger partial charge on any atom is 0.0641 e. The van der Waals surface area contributed by atoms with Gasteiger partial charge in [-0.05, 0) is 33.4 Å². The number of benzene rings is 1. The van der Waals surface area contributed by atoms with Crippen molar-refractivity contribution in [3.63, 3.8) is 0 Å². The molecule has 0 saturated heterocycles. The Morgan fingerprint density at radius 1 is 1.33 bits per heavy atom. The molecule has 4 heteroatoms. The van der Waals surface area contributed by atoms with Gasteiger partial charge in [0.25, 0.3) is 0 Å². The number of anilines is 2. The van der Waals surface area contributed by atoms with E-state index >= 15 is 0 Å². The second kappa shape index (κ2) is 2.64. The maximum absolute atomic E-state index is 5.84. The summed E-state index contributed by atoms with van der Waals surface area (Å²) in [6, 6.07) is 3.82. The van der Waals surface area contributed by atoms with E-state index in [1.165, 1.54) is 0 Å². The van der Waals surface area contributed by atoms with Crippen molar-refractivity contribution in [2.24, 2.45) is 0 Å². The van der Waals surface area contributed by atoms with Crippen LogP contribution in [0, 0.1) is 0 Å². The fourth-order valence-electron chi connectivity index (χ4n) is 1.15. The van der Waals surface area contributed by atoms with Gasteiger partial charge in [-0.3, -0.25) is 0 Å². The van der Waals surface area contributed by atoms with Crippen molar-refractivity contribution in [3.8, 4) is 0 Å². The van der Waals surface area contributed by atoms with E-state index in [1.54, 1.807) is 11.3 Å². The molecule has 0 aliphatic carbocycles. The molecule has 2 aromatic rings. The lowest BCUT2D eigenvalue weighted by Crippen LogP contribution is -1.91. The quantitative estimate of drug-likeness (QED) is 0.699. The number of thiophene rings is 1. The summed E-state index contributed by atoms with van der Waals surface area (Å²) in [5, 5.41) is 3.03. The molecule has 1 aromatic heterocycles. The summed E-state index contributed by atoms with van der Waals surface area (Å²) in [5.74, 6) is 0. The van der Waals surface area contributed by atoms with Gasteiger partial charge in [-0.2, -0.15) is 0 Å². The highest BCUT2D eigenvalue weighted by Crippen LogP contribution is 2.36. The number of nitrogens with two attached hydrogens (primary N) is 2. The van der Waals surface area contributed by atoms with Gasteiger partial charge in [-0.25, -0.2) is 0 Å². The number of nitrogen functional groups attached to an aromatic ring is 2. The van der Waals surface area contributed by atoms with Crippen LogP contribution in [0.5, 0.6) is 0 Å². The minimum Gasteiger partial charge on any atom is -0.398 e. The molecule has 0 fully saturated rings. The summed E-state index contributed by atoms with van der Waals surface area (Å²) >= 11 is 4.96. The molecule has 0 atom stereocenters. The Labute approximate surface area is 82.3 Å². The fourth-order valence-corrected chi connectivity index (χ4v) is 2.61. The van der Waals surface area contributed by atoms with Crippen molar-refractivity contribution in [1.29, 1.82) is 0 Å². The van der Waals surface area contributed by atoms with Crippen molar-refractivity contribution in [2.75, 3.05) is 11.5 Å². The summed E-state index contributed by atoms with van der Waals surface area (Å²) in [5.41, 5.74) is 13.2. The largest absolute Gasteiger partial charge is 0.398 e. The predicted molar refractivity (Wildman–Crippen MR) is 58.3 cm³/mol. The number of fused-ring (bicyclic) bond motifs is 1. The molecule has 1 aromatic carbocycles. The van der Waals surface area contributed by atoms with E-state index in [2.05, 4.69) is 15.9 Å². The van der Waals surface area contributed by atoms with Gasteiger partial charge in [0, 0.05) is 15.5 Å². The van der Waals surface area contributed by atoms with Crippen LogP contribution in [0.4, 0.5) is 11.4 Å². The van der Waals surface area contributed by atoms with E-state index in [-0.39, 0.29) is 0 Å². The van der Waals surface area contributed by atoms with Crippen molar-refractivity contribution >= 4 is 48.7 Å². The zero-order chi connectivity index (χ0) is 8.72. The van der Waals surface area contributed by atoms with Crippen LogP contribution in [0.15, 0.2) is 22.0 Å². The molecule has 2 rings (SSSR count). The Bertz CT molecular complexity index is 436. The first-order valence-corrected chi connectivity index (χ1v) is 5.08. The molecule has 0 aliphatic heterocycles. The molecule has 62 valence electrons. The van der Waals surface area contributed by atoms with Gasteiger partial charge in [0.05, 0.1) is 10.4 Å². The Morgan fingerprint density at radius 2 is 2.08 bits per heavy atom. The third-order valence-corrected chi connectivity index (χ3v) is 3.36. The van der Waals surface area contributed by atoms with Crippen LogP contribution in [0.2, 0.25) is 0 Å². The third kappa shape index (κ3) is 0.990. The van der Waals surface area contributed by atoms with E-state index in [1.807, 2.05) is 17.5 Å². The Morgan fingerprint density at radius 3 is 2.83 bits per heavy atom. The zero-order valence-electron chi connectivity index (χ0n) is 6.17. The number of rotatable bonds is 0. The normalized spacial score (nSPS) is 10.8. The zero-order valence-corrected chi connectivity index (χ0v) is 8.58. The summed E-state index contributed by atoms with van der Waals surface area (Å²) in [6.45, 7) is 0. The van der Waals surface area contributed by atoms with Crippen LogP contribution >= 0.6 is 27.3 Å². The third-order valence-electron chi connectivity index (χ3n) is 1.76. The highest BCUT2D eigenvalue weighted by molar-refractivity contribution is 9.10. The summed E-state index contributed by atoms with van der Waals surface area (Å²) in [6.07, 6.45) is 0. The molecule has 4 N–H and O–H groups in total. The molecule has 0 saturated carbocycles. The maximum atomic E-state index is 5.84. The molecular weight excluding hydrogens is 236 g/mol. The van der Waals surface area contributed by atoms with Gasteiger partial charge in [0.2, 0.25) is 0 Å². The monoisotopic (exact) mass is 242 g/mol. The molecule has 2 nitrogen and oxygen atoms in total. The smallest absolute Gasteiger partial charge is 0.0641 e. The second-order valence-electron chi connectivity index (χ2n) is 2.52. The van der Waals surface area contributed by atoms with Gasteiger partial charge >= 0.3 is 0 Å². The van der Waals surface area contributed by atoms with Crippen molar-refractivity contribution < 1.29 is 0 Å². The predicted octanol–water partition coefficient (Wildman–Crippen LogP) is 2.83. The Hall–Kier alpha value is -0.740. The van der Waals surface area contributed by atoms with Crippen LogP contribution in [0.3, 0.4) is 0 Å². The van der Waals surface area contributed by atoms with Crippen LogP contribution in [0.1, 0.15) is 0 Å². The first kappa shape index (κ1) is 7.89. The van der Waals surface area contributed by atoms with Crippen LogP contribution < -0.4 is 11.5 Å². The lowest BCUT2D eigenvalue weighted by molar-refractivity contribution is 1.71. The van der Waals surface area contributed by atoms with Gasteiger partial charge in [-0.15, -0.1) is 11.3 Å². The molecule has 0 bridgehead atoms. The highest BCUT2D eigenvalue weighted by Gasteiger charge is 2.06. The topological polar surface area (TPSA) is 52.0 Å². The standard InChI is InChI=1S/C8H7BrN2S/c9-5-3-6(10)4-1-2-12-8(4)7(5)11/h1-3H,10-11H2. The van der Waals surface area contributed by atoms with Gasteiger partial charge in [-0.1, -0.05) is 0 Å². The minimum absolute atomic E-state index is 0.771. The van der Waals surface area contributed by atoms with E-state index in [4.69, 9.17) is 11.5 Å². The minimum atomic E-state index is 0.771. The summed E-state index contributed by atoms with van der Waals surface area (Å²) in [7, 11) is 0. The highest BCUT2D eigenvalue weighted by atomic mass is 79.9. The molecular formula is C8H7BrN2S. The van der Waals surface area contributed by atoms with Gasteiger partial charge in [0.15, 0.2) is 0 Å². The molecule has 0 aliphatic rings. The lowest BCUT2D eigenvalue weighted by Gasteiger charge is -2.02. The number of hydrogen-bond donors (Lipinski definition) is 2. The van der Waals surface area contributed by atoms with E-state index in [0.717, 1.165) is 25.9 Å². The van der Waals surface area contributed by atoms with Crippen LogP contribution in [-0.4, -0.2) is 0 Å². The van der Waals surface area contributed by atoms with Crippen molar-refractivity contribution in [2.45, 2.75) is 0 Å². The summed E-state index contributed by atoms with van der Waals surface area (Å²) in [4.78, 5) is 0. The fraction of sp³-hybridized carbons (Fsp3) is 0. The Kier molecular flexibility index (Phi) is 1.73. The molecule has 12 heavy (non-hydrogen) atoms. The van der Waals surface area contributed by atoms with E-state index < -0.39 is 0 Å². The molecule has 0 radical (unpaired) electrons. The molecule has 0 amide bonds. The van der Waals surface area contributed by atoms with Crippen LogP contribution in [0.25, 0.3) is 10.1 Å². The van der Waals surface area contributed by atoms with Crippen molar-refractivity contribution in [1.82, 2.24) is 0 Å². The molecule has 1 heterocycles. The molecule has 0 unspecified atom stereocenters. The van der Waals surface area contributed by atoms with E-state index in [0.29, 0.717) is 0 Å². The number of halogens is 1. The first-order valence-electron chi connectivity index (χ1n) is 3.41. The first-order chi connectivity index (χ1) is 5.70. The number of hydrogen-bond acceptors (Lipinski definition) is 3. The Balaban J connectivity index is 2.97. The second-order valence-corrected chi connectivity index (χ2v) is 4.30. The van der Waals surface area contributed by atoms with E-state index in [9.17, 15) is 0 Å². The van der Waals surface area contributed by atoms with Gasteiger partial charge < -0.3 is 11.5 Å². The van der Waals surface area contributed by atoms with Gasteiger partial charge in [0.1, 0.15) is 0 Å². The average Bonchev–Trinajstić information content (AvgIpc) is 2.48. The van der Waals surface area contributed by atoms with Crippen LogP contribution in [-0.2, 0) is 0 Å². The summed E-state index contributed by atoms with van der Waals surface area (Å²) < 4.78 is 1.93. The van der Waals surface area contributed by atoms with Crippen molar-refractivity contribution in [3.05, 3.63) is 22.0 Å². The SMILES string of the molecule is Nc1cc(Br)c(N)c2sccc12.